The maximum absolute atomic E-state index is 12.1. The number of rotatable bonds is 7. The van der Waals surface area contributed by atoms with Gasteiger partial charge in [-0.25, -0.2) is 0 Å². The molecule has 0 aliphatic heterocycles. The predicted molar refractivity (Wildman–Crippen MR) is 78.0 cm³/mol. The van der Waals surface area contributed by atoms with E-state index in [0.29, 0.717) is 5.75 Å². The molecule has 1 heterocycles. The van der Waals surface area contributed by atoms with Crippen LogP contribution >= 0.6 is 0 Å². The van der Waals surface area contributed by atoms with Crippen LogP contribution in [0.25, 0.3) is 10.9 Å². The van der Waals surface area contributed by atoms with Crippen molar-refractivity contribution in [3.63, 3.8) is 0 Å². The monoisotopic (exact) mass is 316 g/mol. The summed E-state index contributed by atoms with van der Waals surface area (Å²) < 4.78 is 41.9. The van der Waals surface area contributed by atoms with Gasteiger partial charge in [0.05, 0.1) is 6.42 Å². The number of benzene rings is 1. The lowest BCUT2D eigenvalue weighted by atomic mass is 10.2. The number of nitrogens with one attached hydrogen (secondary N) is 1. The first-order chi connectivity index (χ1) is 10.3. The first-order valence-corrected chi connectivity index (χ1v) is 6.97. The van der Waals surface area contributed by atoms with E-state index in [1.54, 1.807) is 19.3 Å². The average molecular weight is 316 g/mol. The third-order valence-electron chi connectivity index (χ3n) is 3.29. The number of aromatic amines is 1. The lowest BCUT2D eigenvalue weighted by Crippen LogP contribution is -2.35. The van der Waals surface area contributed by atoms with Crippen LogP contribution in [0, 0.1) is 0 Å². The number of hydrogen-bond donors (Lipinski definition) is 2. The van der Waals surface area contributed by atoms with Gasteiger partial charge in [0, 0.05) is 30.2 Å². The molecule has 1 atom stereocenters. The van der Waals surface area contributed by atoms with Crippen molar-refractivity contribution in [2.45, 2.75) is 18.7 Å². The lowest BCUT2D eigenvalue weighted by molar-refractivity contribution is -0.138. The molecule has 2 aromatic rings. The van der Waals surface area contributed by atoms with E-state index in [1.807, 2.05) is 18.2 Å². The predicted octanol–water partition coefficient (Wildman–Crippen LogP) is 2.79. The summed E-state index contributed by atoms with van der Waals surface area (Å²) in [5, 5.41) is 10.8. The molecule has 0 aliphatic carbocycles. The Balaban J connectivity index is 1.80. The highest BCUT2D eigenvalue weighted by molar-refractivity contribution is 5.85. The summed E-state index contributed by atoms with van der Waals surface area (Å²) in [6.45, 7) is 0.00774. The van der Waals surface area contributed by atoms with Crippen LogP contribution in [-0.4, -0.2) is 54.0 Å². The van der Waals surface area contributed by atoms with Crippen LogP contribution in [0.15, 0.2) is 30.5 Å². The zero-order valence-corrected chi connectivity index (χ0v) is 12.2. The van der Waals surface area contributed by atoms with E-state index < -0.39 is 18.7 Å². The molecule has 0 amide bonds. The summed E-state index contributed by atoms with van der Waals surface area (Å²) in [5.74, 6) is 0.635. The number of hydrogen-bond acceptors (Lipinski definition) is 3. The van der Waals surface area contributed by atoms with Crippen LogP contribution in [0.5, 0.6) is 5.75 Å². The van der Waals surface area contributed by atoms with Crippen LogP contribution < -0.4 is 4.74 Å². The van der Waals surface area contributed by atoms with Crippen molar-refractivity contribution in [3.8, 4) is 5.75 Å². The topological polar surface area (TPSA) is 48.5 Å². The third-order valence-corrected chi connectivity index (χ3v) is 3.29. The second-order valence-corrected chi connectivity index (χ2v) is 5.29. The molecule has 1 unspecified atom stereocenters. The molecule has 0 bridgehead atoms. The van der Waals surface area contributed by atoms with E-state index in [-0.39, 0.29) is 19.7 Å². The SMILES string of the molecule is CN(CCC(F)(F)F)CC(O)COc1cccc2[nH]ccc12. The number of aliphatic hydroxyl groups excluding tert-OH is 1. The molecule has 0 saturated heterocycles. The van der Waals surface area contributed by atoms with Gasteiger partial charge in [0.15, 0.2) is 0 Å². The second-order valence-electron chi connectivity index (χ2n) is 5.29. The molecule has 7 heteroatoms. The van der Waals surface area contributed by atoms with E-state index >= 15 is 0 Å². The highest BCUT2D eigenvalue weighted by atomic mass is 19.4. The fourth-order valence-corrected chi connectivity index (χ4v) is 2.19. The molecule has 0 aliphatic rings. The summed E-state index contributed by atoms with van der Waals surface area (Å²) in [6.07, 6.45) is -4.13. The van der Waals surface area contributed by atoms with Crippen LogP contribution in [0.2, 0.25) is 0 Å². The summed E-state index contributed by atoms with van der Waals surface area (Å²) >= 11 is 0. The highest BCUT2D eigenvalue weighted by Gasteiger charge is 2.27. The second kappa shape index (κ2) is 7.02. The fraction of sp³-hybridized carbons (Fsp3) is 0.467. The largest absolute Gasteiger partial charge is 0.490 e. The molecule has 0 saturated carbocycles. The van der Waals surface area contributed by atoms with Gasteiger partial charge >= 0.3 is 6.18 Å². The van der Waals surface area contributed by atoms with Gasteiger partial charge < -0.3 is 19.7 Å². The van der Waals surface area contributed by atoms with Crippen molar-refractivity contribution in [3.05, 3.63) is 30.5 Å². The number of likely N-dealkylation sites (N-methyl/N-ethyl adjacent to an activating group) is 1. The van der Waals surface area contributed by atoms with E-state index in [9.17, 15) is 18.3 Å². The number of ether oxygens (including phenoxy) is 1. The molecule has 4 nitrogen and oxygen atoms in total. The first-order valence-electron chi connectivity index (χ1n) is 6.97. The average Bonchev–Trinajstić information content (AvgIpc) is 2.91. The maximum atomic E-state index is 12.1. The minimum atomic E-state index is -4.18. The molecule has 1 aromatic heterocycles. The molecule has 1 aromatic carbocycles. The van der Waals surface area contributed by atoms with Crippen LogP contribution in [-0.2, 0) is 0 Å². The van der Waals surface area contributed by atoms with E-state index in [2.05, 4.69) is 4.98 Å². The molecule has 0 radical (unpaired) electrons. The van der Waals surface area contributed by atoms with E-state index in [1.165, 1.54) is 4.90 Å². The van der Waals surface area contributed by atoms with Crippen LogP contribution in [0.4, 0.5) is 13.2 Å². The Labute approximate surface area is 126 Å². The Morgan fingerprint density at radius 2 is 2.09 bits per heavy atom. The number of nitrogens with zero attached hydrogens (tertiary/aromatic N) is 1. The van der Waals surface area contributed by atoms with Gasteiger partial charge in [-0.3, -0.25) is 0 Å². The quantitative estimate of drug-likeness (QED) is 0.826. The molecular formula is C15H19F3N2O2. The van der Waals surface area contributed by atoms with Crippen molar-refractivity contribution in [1.82, 2.24) is 9.88 Å². The number of alkyl halides is 3. The molecule has 0 fully saturated rings. The van der Waals surface area contributed by atoms with E-state index in [4.69, 9.17) is 4.74 Å². The Morgan fingerprint density at radius 3 is 2.82 bits per heavy atom. The Bertz CT molecular complexity index is 598. The normalized spacial score (nSPS) is 13.7. The fourth-order valence-electron chi connectivity index (χ4n) is 2.19. The minimum Gasteiger partial charge on any atom is -0.490 e. The number of fused-ring (bicyclic) bond motifs is 1. The Morgan fingerprint density at radius 1 is 1.32 bits per heavy atom. The zero-order valence-electron chi connectivity index (χ0n) is 12.2. The molecule has 2 N–H and O–H groups in total. The Kier molecular flexibility index (Phi) is 5.31. The smallest absolute Gasteiger partial charge is 0.390 e. The van der Waals surface area contributed by atoms with Gasteiger partial charge in [-0.2, -0.15) is 13.2 Å². The third kappa shape index (κ3) is 4.92. The van der Waals surface area contributed by atoms with Gasteiger partial charge in [0.2, 0.25) is 0 Å². The van der Waals surface area contributed by atoms with Crippen molar-refractivity contribution >= 4 is 10.9 Å². The van der Waals surface area contributed by atoms with Crippen molar-refractivity contribution in [1.29, 1.82) is 0 Å². The van der Waals surface area contributed by atoms with Crippen molar-refractivity contribution in [2.75, 3.05) is 26.7 Å². The molecule has 122 valence electrons. The highest BCUT2D eigenvalue weighted by Crippen LogP contribution is 2.24. The zero-order chi connectivity index (χ0) is 16.2. The van der Waals surface area contributed by atoms with Gasteiger partial charge in [-0.1, -0.05) is 6.07 Å². The number of H-pyrrole nitrogens is 1. The van der Waals surface area contributed by atoms with Gasteiger partial charge in [0.1, 0.15) is 18.5 Å². The summed E-state index contributed by atoms with van der Waals surface area (Å²) in [7, 11) is 1.54. The standard InChI is InChI=1S/C15H19F3N2O2/c1-20(8-6-15(16,17)18)9-11(21)10-22-14-4-2-3-13-12(14)5-7-19-13/h2-5,7,11,19,21H,6,8-10H2,1H3. The molecule has 0 spiro atoms. The van der Waals surface area contributed by atoms with Crippen LogP contribution in [0.1, 0.15) is 6.42 Å². The first kappa shape index (κ1) is 16.6. The van der Waals surface area contributed by atoms with E-state index in [0.717, 1.165) is 10.9 Å². The molecule has 2 rings (SSSR count). The summed E-state index contributed by atoms with van der Waals surface area (Å²) in [6, 6.07) is 7.39. The van der Waals surface area contributed by atoms with Gasteiger partial charge in [0.25, 0.3) is 0 Å². The number of aromatic nitrogens is 1. The summed E-state index contributed by atoms with van der Waals surface area (Å²) in [5.41, 5.74) is 0.925. The van der Waals surface area contributed by atoms with Gasteiger partial charge in [-0.15, -0.1) is 0 Å². The molecular weight excluding hydrogens is 297 g/mol. The lowest BCUT2D eigenvalue weighted by Gasteiger charge is -2.21. The van der Waals surface area contributed by atoms with Gasteiger partial charge in [-0.05, 0) is 25.2 Å². The number of aliphatic hydroxyl groups is 1. The summed E-state index contributed by atoms with van der Waals surface area (Å²) in [4.78, 5) is 4.50. The minimum absolute atomic E-state index is 0.0284. The van der Waals surface area contributed by atoms with Crippen molar-refractivity contribution in [2.24, 2.45) is 0 Å². The van der Waals surface area contributed by atoms with Crippen LogP contribution in [0.3, 0.4) is 0 Å². The Hall–Kier alpha value is -1.73. The molecule has 22 heavy (non-hydrogen) atoms. The van der Waals surface area contributed by atoms with Crippen molar-refractivity contribution < 1.29 is 23.0 Å². The number of halogens is 3. The maximum Gasteiger partial charge on any atom is 0.390 e.